The predicted molar refractivity (Wildman–Crippen MR) is 90.8 cm³/mol. The van der Waals surface area contributed by atoms with Crippen LogP contribution in [0.15, 0.2) is 12.7 Å². The van der Waals surface area contributed by atoms with Crippen LogP contribution in [0.3, 0.4) is 0 Å². The van der Waals surface area contributed by atoms with Gasteiger partial charge < -0.3 is 10.2 Å². The van der Waals surface area contributed by atoms with Crippen LogP contribution in [0.1, 0.15) is 25.7 Å². The van der Waals surface area contributed by atoms with E-state index in [1.54, 1.807) is 4.90 Å². The van der Waals surface area contributed by atoms with Crippen molar-refractivity contribution in [2.75, 3.05) is 39.0 Å². The molecule has 2 N–H and O–H groups in total. The van der Waals surface area contributed by atoms with Gasteiger partial charge in [0.1, 0.15) is 0 Å². The highest BCUT2D eigenvalue weighted by molar-refractivity contribution is 7.88. The van der Waals surface area contributed by atoms with E-state index in [1.165, 1.54) is 0 Å². The summed E-state index contributed by atoms with van der Waals surface area (Å²) in [6, 6.07) is -0.0575. The van der Waals surface area contributed by atoms with Crippen LogP contribution in [0.2, 0.25) is 0 Å². The van der Waals surface area contributed by atoms with Gasteiger partial charge in [-0.05, 0) is 25.7 Å². The fourth-order valence-electron chi connectivity index (χ4n) is 3.27. The van der Waals surface area contributed by atoms with Crippen molar-refractivity contribution in [2.24, 2.45) is 0 Å². The molecule has 132 valence electrons. The molecule has 0 radical (unpaired) electrons. The van der Waals surface area contributed by atoms with Crippen LogP contribution in [0.5, 0.6) is 0 Å². The second-order valence-electron chi connectivity index (χ2n) is 6.49. The lowest BCUT2D eigenvalue weighted by Crippen LogP contribution is -2.54. The molecular formula is C15H28N4O3S. The van der Waals surface area contributed by atoms with Crippen molar-refractivity contribution in [3.8, 4) is 0 Å². The van der Waals surface area contributed by atoms with Gasteiger partial charge >= 0.3 is 6.03 Å². The molecule has 1 unspecified atom stereocenters. The number of carbonyl (C=O) groups is 1. The number of carbonyl (C=O) groups excluding carboxylic acids is 1. The molecule has 2 rings (SSSR count). The molecule has 2 aliphatic rings. The Morgan fingerprint density at radius 2 is 1.91 bits per heavy atom. The van der Waals surface area contributed by atoms with E-state index in [-0.39, 0.29) is 18.1 Å². The van der Waals surface area contributed by atoms with Crippen molar-refractivity contribution < 1.29 is 13.2 Å². The Morgan fingerprint density at radius 3 is 2.52 bits per heavy atom. The van der Waals surface area contributed by atoms with Gasteiger partial charge in [0.15, 0.2) is 0 Å². The molecule has 8 heteroatoms. The average molecular weight is 344 g/mol. The lowest BCUT2D eigenvalue weighted by molar-refractivity contribution is 0.162. The summed E-state index contributed by atoms with van der Waals surface area (Å²) in [5, 5.41) is 3.09. The molecule has 0 spiro atoms. The van der Waals surface area contributed by atoms with E-state index >= 15 is 0 Å². The highest BCUT2D eigenvalue weighted by atomic mass is 32.2. The number of urea groups is 1. The third kappa shape index (κ3) is 6.12. The molecule has 0 bridgehead atoms. The molecule has 0 saturated carbocycles. The van der Waals surface area contributed by atoms with E-state index in [0.29, 0.717) is 13.1 Å². The molecule has 1 atom stereocenters. The highest BCUT2D eigenvalue weighted by Crippen LogP contribution is 2.14. The number of piperidine rings is 2. The van der Waals surface area contributed by atoms with Gasteiger partial charge in [-0.25, -0.2) is 17.9 Å². The number of likely N-dealkylation sites (tertiary alicyclic amines) is 2. The maximum atomic E-state index is 12.4. The molecule has 0 aromatic heterocycles. The van der Waals surface area contributed by atoms with Gasteiger partial charge in [0.05, 0.1) is 6.26 Å². The Balaban J connectivity index is 1.78. The summed E-state index contributed by atoms with van der Waals surface area (Å²) in [6.45, 7) is 7.70. The van der Waals surface area contributed by atoms with Gasteiger partial charge in [-0.3, -0.25) is 4.90 Å². The zero-order valence-electron chi connectivity index (χ0n) is 13.8. The molecule has 7 nitrogen and oxygen atoms in total. The van der Waals surface area contributed by atoms with Gasteiger partial charge in [0, 0.05) is 44.8 Å². The Morgan fingerprint density at radius 1 is 1.22 bits per heavy atom. The minimum Gasteiger partial charge on any atom is -0.335 e. The highest BCUT2D eigenvalue weighted by Gasteiger charge is 2.27. The van der Waals surface area contributed by atoms with Gasteiger partial charge in [-0.1, -0.05) is 6.08 Å². The summed E-state index contributed by atoms with van der Waals surface area (Å²) in [7, 11) is -3.23. The van der Waals surface area contributed by atoms with E-state index in [0.717, 1.165) is 51.6 Å². The lowest BCUT2D eigenvalue weighted by atomic mass is 10.0. The van der Waals surface area contributed by atoms with Gasteiger partial charge in [-0.2, -0.15) is 0 Å². The quantitative estimate of drug-likeness (QED) is 0.706. The maximum Gasteiger partial charge on any atom is 0.317 e. The minimum absolute atomic E-state index is 0.0767. The van der Waals surface area contributed by atoms with E-state index in [2.05, 4.69) is 21.5 Å². The smallest absolute Gasteiger partial charge is 0.317 e. The Hall–Kier alpha value is -1.12. The van der Waals surface area contributed by atoms with Crippen molar-refractivity contribution in [1.82, 2.24) is 19.8 Å². The van der Waals surface area contributed by atoms with Crippen LogP contribution in [0, 0.1) is 0 Å². The van der Waals surface area contributed by atoms with E-state index in [4.69, 9.17) is 0 Å². The summed E-state index contributed by atoms with van der Waals surface area (Å²) in [5.41, 5.74) is 0. The maximum absolute atomic E-state index is 12.4. The first kappa shape index (κ1) is 18.2. The van der Waals surface area contributed by atoms with Crippen molar-refractivity contribution in [3.05, 3.63) is 12.7 Å². The molecule has 2 amide bonds. The average Bonchev–Trinajstić information content (AvgIpc) is 2.48. The van der Waals surface area contributed by atoms with Crippen molar-refractivity contribution in [2.45, 2.75) is 37.8 Å². The monoisotopic (exact) mass is 344 g/mol. The summed E-state index contributed by atoms with van der Waals surface area (Å²) in [6.07, 6.45) is 6.54. The number of hydrogen-bond donors (Lipinski definition) is 2. The number of rotatable bonds is 5. The van der Waals surface area contributed by atoms with E-state index < -0.39 is 10.0 Å². The van der Waals surface area contributed by atoms with Crippen LogP contribution in [-0.4, -0.2) is 75.3 Å². The first-order valence-corrected chi connectivity index (χ1v) is 10.1. The third-order valence-electron chi connectivity index (χ3n) is 4.39. The zero-order valence-corrected chi connectivity index (χ0v) is 14.6. The van der Waals surface area contributed by atoms with Crippen LogP contribution in [0.25, 0.3) is 0 Å². The Bertz CT molecular complexity index is 515. The Kier molecular flexibility index (Phi) is 6.43. The second-order valence-corrected chi connectivity index (χ2v) is 8.27. The number of nitrogens with one attached hydrogen (secondary N) is 2. The van der Waals surface area contributed by atoms with Crippen LogP contribution in [-0.2, 0) is 10.0 Å². The Labute approximate surface area is 139 Å². The molecule has 2 heterocycles. The first-order valence-electron chi connectivity index (χ1n) is 8.23. The SMILES string of the molecule is C=CCN1CCC(NC(=O)N2CCCC(NS(C)(=O)=O)C2)CC1. The van der Waals surface area contributed by atoms with Crippen molar-refractivity contribution >= 4 is 16.1 Å². The summed E-state index contributed by atoms with van der Waals surface area (Å²) < 4.78 is 25.3. The molecule has 2 saturated heterocycles. The van der Waals surface area contributed by atoms with Gasteiger partial charge in [0.25, 0.3) is 0 Å². The van der Waals surface area contributed by atoms with E-state index in [1.807, 2.05) is 6.08 Å². The topological polar surface area (TPSA) is 81.8 Å². The minimum atomic E-state index is -3.23. The predicted octanol–water partition coefficient (Wildman–Crippen LogP) is 0.360. The summed E-state index contributed by atoms with van der Waals surface area (Å²) >= 11 is 0. The molecule has 0 aliphatic carbocycles. The normalized spacial score (nSPS) is 24.4. The number of nitrogens with zero attached hydrogens (tertiary/aromatic N) is 2. The zero-order chi connectivity index (χ0) is 16.9. The fourth-order valence-corrected chi connectivity index (χ4v) is 4.07. The molecule has 0 aromatic rings. The third-order valence-corrected chi connectivity index (χ3v) is 5.15. The standard InChI is InChI=1S/C15H28N4O3S/c1-3-8-18-10-6-13(7-11-18)16-15(20)19-9-4-5-14(12-19)17-23(2,21)22/h3,13-14,17H,1,4-12H2,2H3,(H,16,20). The van der Waals surface area contributed by atoms with Crippen LogP contribution >= 0.6 is 0 Å². The molecule has 2 aliphatic heterocycles. The van der Waals surface area contributed by atoms with Gasteiger partial charge in [0.2, 0.25) is 10.0 Å². The molecule has 2 fully saturated rings. The van der Waals surface area contributed by atoms with Crippen LogP contribution < -0.4 is 10.0 Å². The number of sulfonamides is 1. The number of amides is 2. The first-order chi connectivity index (χ1) is 10.9. The fraction of sp³-hybridized carbons (Fsp3) is 0.800. The lowest BCUT2D eigenvalue weighted by Gasteiger charge is -2.36. The van der Waals surface area contributed by atoms with E-state index in [9.17, 15) is 13.2 Å². The summed E-state index contributed by atoms with van der Waals surface area (Å²) in [5.74, 6) is 0. The molecular weight excluding hydrogens is 316 g/mol. The largest absolute Gasteiger partial charge is 0.335 e. The van der Waals surface area contributed by atoms with Crippen molar-refractivity contribution in [1.29, 1.82) is 0 Å². The molecule has 0 aromatic carbocycles. The second kappa shape index (κ2) is 8.12. The summed E-state index contributed by atoms with van der Waals surface area (Å²) in [4.78, 5) is 16.4. The molecule has 23 heavy (non-hydrogen) atoms. The van der Waals surface area contributed by atoms with Crippen LogP contribution in [0.4, 0.5) is 4.79 Å². The van der Waals surface area contributed by atoms with Crippen molar-refractivity contribution in [3.63, 3.8) is 0 Å². The van der Waals surface area contributed by atoms with Gasteiger partial charge in [-0.15, -0.1) is 6.58 Å². The number of hydrogen-bond acceptors (Lipinski definition) is 4.